The number of nitrogens with two attached hydrogens (primary N) is 1. The Morgan fingerprint density at radius 3 is 2.46 bits per heavy atom. The molecule has 2 aromatic carbocycles. The maximum Gasteiger partial charge on any atom is 0.257 e. The van der Waals surface area contributed by atoms with Gasteiger partial charge in [0.25, 0.3) is 5.91 Å². The highest BCUT2D eigenvalue weighted by Gasteiger charge is 2.17. The van der Waals surface area contributed by atoms with Crippen LogP contribution in [0.25, 0.3) is 0 Å². The second kappa shape index (κ2) is 12.1. The lowest BCUT2D eigenvalue weighted by molar-refractivity contribution is -0.118. The lowest BCUT2D eigenvalue weighted by Crippen LogP contribution is -2.20. The Kier molecular flexibility index (Phi) is 8.96. The summed E-state index contributed by atoms with van der Waals surface area (Å²) in [5, 5.41) is 14.4. The van der Waals surface area contributed by atoms with Gasteiger partial charge in [0.05, 0.1) is 17.0 Å². The summed E-state index contributed by atoms with van der Waals surface area (Å²) in [5.74, 6) is -0.593. The van der Waals surface area contributed by atoms with Crippen LogP contribution in [0.5, 0.6) is 0 Å². The van der Waals surface area contributed by atoms with Crippen molar-refractivity contribution >= 4 is 40.9 Å². The Hall–Kier alpha value is -3.73. The molecule has 0 saturated carbocycles. The number of hydrogen-bond donors (Lipinski definition) is 3. The zero-order valence-corrected chi connectivity index (χ0v) is 20.3. The summed E-state index contributed by atoms with van der Waals surface area (Å²) in [4.78, 5) is 36.6. The molecule has 3 amide bonds. The largest absolute Gasteiger partial charge is 0.370 e. The summed E-state index contributed by atoms with van der Waals surface area (Å²) in [7, 11) is 0. The van der Waals surface area contributed by atoms with Crippen LogP contribution in [0.15, 0.2) is 53.7 Å². The van der Waals surface area contributed by atoms with Gasteiger partial charge in [0.2, 0.25) is 11.8 Å². The zero-order chi connectivity index (χ0) is 25.4. The summed E-state index contributed by atoms with van der Waals surface area (Å²) >= 11 is 1.21. The summed E-state index contributed by atoms with van der Waals surface area (Å²) in [6.45, 7) is 4.73. The average Bonchev–Trinajstić information content (AvgIpc) is 3.18. The Morgan fingerprint density at radius 1 is 1.06 bits per heavy atom. The highest BCUT2D eigenvalue weighted by atomic mass is 32.2. The maximum atomic E-state index is 13.1. The van der Waals surface area contributed by atoms with Crippen molar-refractivity contribution in [2.24, 2.45) is 11.7 Å². The van der Waals surface area contributed by atoms with Crippen molar-refractivity contribution in [1.29, 1.82) is 0 Å². The van der Waals surface area contributed by atoms with Gasteiger partial charge in [-0.1, -0.05) is 37.7 Å². The molecule has 3 rings (SSSR count). The number of nitrogens with one attached hydrogen (secondary N) is 2. The molecule has 0 saturated heterocycles. The van der Waals surface area contributed by atoms with E-state index in [2.05, 4.69) is 20.8 Å². The van der Waals surface area contributed by atoms with Crippen LogP contribution in [-0.4, -0.2) is 38.2 Å². The molecule has 3 aromatic rings. The van der Waals surface area contributed by atoms with Crippen LogP contribution in [-0.2, 0) is 22.6 Å². The molecule has 0 aliphatic heterocycles. The number of anilines is 2. The van der Waals surface area contributed by atoms with Crippen molar-refractivity contribution < 1.29 is 18.8 Å². The first-order valence-corrected chi connectivity index (χ1v) is 12.0. The van der Waals surface area contributed by atoms with Gasteiger partial charge in [0, 0.05) is 25.1 Å². The van der Waals surface area contributed by atoms with Crippen LogP contribution in [0, 0.1) is 11.7 Å². The third-order valence-electron chi connectivity index (χ3n) is 4.82. The predicted molar refractivity (Wildman–Crippen MR) is 133 cm³/mol. The minimum absolute atomic E-state index is 0.0416. The van der Waals surface area contributed by atoms with Crippen LogP contribution in [0.1, 0.15) is 36.5 Å². The molecule has 35 heavy (non-hydrogen) atoms. The van der Waals surface area contributed by atoms with Crippen LogP contribution in [0.4, 0.5) is 15.8 Å². The molecule has 9 nitrogen and oxygen atoms in total. The van der Waals surface area contributed by atoms with Crippen molar-refractivity contribution in [3.05, 3.63) is 65.7 Å². The second-order valence-corrected chi connectivity index (χ2v) is 9.16. The first-order valence-electron chi connectivity index (χ1n) is 11.0. The number of para-hydroxylation sites is 1. The maximum absolute atomic E-state index is 13.1. The quantitative estimate of drug-likeness (QED) is 0.347. The lowest BCUT2D eigenvalue weighted by atomic mass is 10.1. The lowest BCUT2D eigenvalue weighted by Gasteiger charge is -2.13. The standard InChI is InChI=1S/C24H27FN6O3S/c1-15(2)13-31-21(12-11-20(26)32)29-30-24(31)35-14-22(33)28-19-6-4-3-5-18(19)23(34)27-17-9-7-16(25)8-10-17/h3-10,15H,11-14H2,1-2H3,(H2,26,32)(H,27,34)(H,28,33). The summed E-state index contributed by atoms with van der Waals surface area (Å²) in [6.07, 6.45) is 0.538. The Labute approximate surface area is 206 Å². The monoisotopic (exact) mass is 498 g/mol. The van der Waals surface area contributed by atoms with E-state index >= 15 is 0 Å². The van der Waals surface area contributed by atoms with E-state index in [-0.39, 0.29) is 23.6 Å². The predicted octanol–water partition coefficient (Wildman–Crippen LogP) is 3.47. The minimum atomic E-state index is -0.434. The molecule has 184 valence electrons. The van der Waals surface area contributed by atoms with Crippen molar-refractivity contribution in [3.63, 3.8) is 0 Å². The van der Waals surface area contributed by atoms with Crippen LogP contribution in [0.2, 0.25) is 0 Å². The van der Waals surface area contributed by atoms with E-state index in [0.29, 0.717) is 41.2 Å². The molecule has 0 spiro atoms. The molecule has 1 heterocycles. The molecule has 0 aliphatic carbocycles. The number of benzene rings is 2. The van der Waals surface area contributed by atoms with Gasteiger partial charge in [0.15, 0.2) is 5.16 Å². The van der Waals surface area contributed by atoms with E-state index in [1.807, 2.05) is 18.4 Å². The molecule has 0 bridgehead atoms. The number of nitrogens with zero attached hydrogens (tertiary/aromatic N) is 3. The Morgan fingerprint density at radius 2 is 1.77 bits per heavy atom. The van der Waals surface area contributed by atoms with E-state index < -0.39 is 17.6 Å². The van der Waals surface area contributed by atoms with Crippen molar-refractivity contribution in [2.45, 2.75) is 38.4 Å². The fraction of sp³-hybridized carbons (Fsp3) is 0.292. The Bertz CT molecular complexity index is 1200. The molecule has 0 fully saturated rings. The Balaban J connectivity index is 1.66. The minimum Gasteiger partial charge on any atom is -0.370 e. The van der Waals surface area contributed by atoms with Gasteiger partial charge in [-0.3, -0.25) is 14.4 Å². The highest BCUT2D eigenvalue weighted by Crippen LogP contribution is 2.22. The fourth-order valence-electron chi connectivity index (χ4n) is 3.23. The van der Waals surface area contributed by atoms with E-state index in [4.69, 9.17) is 5.73 Å². The third-order valence-corrected chi connectivity index (χ3v) is 5.78. The van der Waals surface area contributed by atoms with Gasteiger partial charge in [-0.15, -0.1) is 10.2 Å². The van der Waals surface area contributed by atoms with Crippen molar-refractivity contribution in [1.82, 2.24) is 14.8 Å². The van der Waals surface area contributed by atoms with Crippen LogP contribution >= 0.6 is 11.8 Å². The number of hydrogen-bond acceptors (Lipinski definition) is 6. The number of halogens is 1. The number of carbonyl (C=O) groups excluding carboxylic acids is 3. The topological polar surface area (TPSA) is 132 Å². The summed E-state index contributed by atoms with van der Waals surface area (Å²) < 4.78 is 15.0. The summed E-state index contributed by atoms with van der Waals surface area (Å²) in [6, 6.07) is 12.0. The van der Waals surface area contributed by atoms with Gasteiger partial charge in [-0.2, -0.15) is 0 Å². The van der Waals surface area contributed by atoms with Gasteiger partial charge in [0.1, 0.15) is 11.6 Å². The van der Waals surface area contributed by atoms with Gasteiger partial charge >= 0.3 is 0 Å². The highest BCUT2D eigenvalue weighted by molar-refractivity contribution is 7.99. The molecular formula is C24H27FN6O3S. The summed E-state index contributed by atoms with van der Waals surface area (Å²) in [5.41, 5.74) is 6.31. The smallest absolute Gasteiger partial charge is 0.257 e. The second-order valence-electron chi connectivity index (χ2n) is 8.21. The molecule has 0 radical (unpaired) electrons. The average molecular weight is 499 g/mol. The number of aromatic nitrogens is 3. The van der Waals surface area contributed by atoms with E-state index in [9.17, 15) is 18.8 Å². The van der Waals surface area contributed by atoms with E-state index in [1.54, 1.807) is 24.3 Å². The molecule has 0 aliphatic rings. The number of rotatable bonds is 11. The number of aryl methyl sites for hydroxylation is 1. The van der Waals surface area contributed by atoms with Crippen molar-refractivity contribution in [2.75, 3.05) is 16.4 Å². The first kappa shape index (κ1) is 25.9. The molecule has 11 heteroatoms. The molecule has 0 unspecified atom stereocenters. The molecular weight excluding hydrogens is 471 g/mol. The molecule has 0 atom stereocenters. The van der Waals surface area contributed by atoms with E-state index in [1.165, 1.54) is 36.0 Å². The van der Waals surface area contributed by atoms with E-state index in [0.717, 1.165) is 0 Å². The van der Waals surface area contributed by atoms with Crippen LogP contribution < -0.4 is 16.4 Å². The SMILES string of the molecule is CC(C)Cn1c(CCC(N)=O)nnc1SCC(=O)Nc1ccccc1C(=O)Nc1ccc(F)cc1. The normalized spacial score (nSPS) is 10.9. The van der Waals surface area contributed by atoms with Crippen LogP contribution in [0.3, 0.4) is 0 Å². The molecule has 1 aromatic heterocycles. The first-order chi connectivity index (χ1) is 16.7. The van der Waals surface area contributed by atoms with Gasteiger partial charge < -0.3 is 20.9 Å². The molecule has 4 N–H and O–H groups in total. The van der Waals surface area contributed by atoms with Gasteiger partial charge in [-0.05, 0) is 42.3 Å². The number of carbonyl (C=O) groups is 3. The third kappa shape index (κ3) is 7.64. The number of primary amides is 1. The number of amides is 3. The zero-order valence-electron chi connectivity index (χ0n) is 19.5. The van der Waals surface area contributed by atoms with Gasteiger partial charge in [-0.25, -0.2) is 4.39 Å². The number of thioether (sulfide) groups is 1. The fourth-order valence-corrected chi connectivity index (χ4v) is 4.00. The van der Waals surface area contributed by atoms with Crippen molar-refractivity contribution in [3.8, 4) is 0 Å².